The molecule has 0 saturated heterocycles. The highest BCUT2D eigenvalue weighted by Crippen LogP contribution is 2.18. The fraction of sp³-hybridized carbons (Fsp3) is 0.667. The van der Waals surface area contributed by atoms with Crippen LogP contribution in [0.1, 0.15) is 64.3 Å². The fourth-order valence-corrected chi connectivity index (χ4v) is 1.70. The maximum Gasteiger partial charge on any atom is 0.0432 e. The molecule has 2 heterocycles. The van der Waals surface area contributed by atoms with Gasteiger partial charge in [0, 0.05) is 18.4 Å². The molecule has 0 aliphatic carbocycles. The van der Waals surface area contributed by atoms with Gasteiger partial charge in [0.25, 0.3) is 0 Å². The summed E-state index contributed by atoms with van der Waals surface area (Å²) in [5, 5.41) is 3.38. The van der Waals surface area contributed by atoms with E-state index in [0.29, 0.717) is 5.92 Å². The molecule has 0 fully saturated rings. The number of nitrogens with one attached hydrogen (secondary N) is 1. The Kier molecular flexibility index (Phi) is 8.69. The summed E-state index contributed by atoms with van der Waals surface area (Å²) in [5.41, 5.74) is 4.07. The topological polar surface area (TPSA) is 24.9 Å². The molecule has 1 N–H and O–H groups in total. The highest BCUT2D eigenvalue weighted by atomic mass is 14.9. The molecule has 0 spiro atoms. The van der Waals surface area contributed by atoms with Crippen LogP contribution >= 0.6 is 0 Å². The first-order valence-electron chi connectivity index (χ1n) is 6.96. The molecule has 1 aliphatic rings. The second-order valence-electron chi connectivity index (χ2n) is 3.96. The number of hydrogen-bond acceptors (Lipinski definition) is 2. The molecule has 98 valence electrons. The van der Waals surface area contributed by atoms with Gasteiger partial charge in [-0.05, 0) is 36.1 Å². The van der Waals surface area contributed by atoms with Gasteiger partial charge in [0.05, 0.1) is 0 Å². The minimum absolute atomic E-state index is 0.534. The summed E-state index contributed by atoms with van der Waals surface area (Å²) in [4.78, 5) is 4.46. The van der Waals surface area contributed by atoms with Gasteiger partial charge in [-0.25, -0.2) is 0 Å². The number of hydrogen-bond donors (Lipinski definition) is 1. The third-order valence-corrected chi connectivity index (χ3v) is 2.58. The highest BCUT2D eigenvalue weighted by Gasteiger charge is 2.10. The molecule has 0 amide bonds. The molecule has 1 aromatic rings. The average Bonchev–Trinajstić information content (AvgIpc) is 2.42. The maximum atomic E-state index is 4.46. The molecule has 0 aromatic carbocycles. The summed E-state index contributed by atoms with van der Waals surface area (Å²) in [6, 6.07) is 2.24. The number of fused-ring (bicyclic) bond motifs is 1. The van der Waals surface area contributed by atoms with Gasteiger partial charge in [-0.1, -0.05) is 41.5 Å². The van der Waals surface area contributed by atoms with E-state index < -0.39 is 0 Å². The van der Waals surface area contributed by atoms with Crippen molar-refractivity contribution in [1.82, 2.24) is 10.3 Å². The van der Waals surface area contributed by atoms with Crippen molar-refractivity contribution in [3.8, 4) is 0 Å². The van der Waals surface area contributed by atoms with E-state index in [4.69, 9.17) is 0 Å². The molecular weight excluding hydrogens is 208 g/mol. The zero-order valence-corrected chi connectivity index (χ0v) is 12.3. The Morgan fingerprint density at radius 2 is 1.76 bits per heavy atom. The summed E-state index contributed by atoms with van der Waals surface area (Å²) >= 11 is 0. The molecule has 1 aliphatic heterocycles. The molecule has 0 saturated carbocycles. The van der Waals surface area contributed by atoms with Crippen LogP contribution in [0.3, 0.4) is 0 Å². The quantitative estimate of drug-likeness (QED) is 0.800. The van der Waals surface area contributed by atoms with Crippen LogP contribution in [-0.2, 0) is 13.0 Å². The molecule has 17 heavy (non-hydrogen) atoms. The minimum Gasteiger partial charge on any atom is -0.312 e. The molecule has 1 aromatic heterocycles. The first-order valence-corrected chi connectivity index (χ1v) is 6.96. The van der Waals surface area contributed by atoms with Crippen molar-refractivity contribution < 1.29 is 0 Å². The minimum atomic E-state index is 0.534. The lowest BCUT2D eigenvalue weighted by Crippen LogP contribution is -2.24. The van der Waals surface area contributed by atoms with Gasteiger partial charge in [-0.15, -0.1) is 0 Å². The van der Waals surface area contributed by atoms with E-state index in [2.05, 4.69) is 30.2 Å². The van der Waals surface area contributed by atoms with E-state index in [1.165, 1.54) is 16.8 Å². The maximum absolute atomic E-state index is 4.46. The van der Waals surface area contributed by atoms with Crippen LogP contribution in [0.15, 0.2) is 12.3 Å². The number of nitrogens with zero attached hydrogens (tertiary/aromatic N) is 1. The fourth-order valence-electron chi connectivity index (χ4n) is 1.70. The van der Waals surface area contributed by atoms with Crippen LogP contribution in [0.5, 0.6) is 0 Å². The Hall–Kier alpha value is -0.890. The van der Waals surface area contributed by atoms with Gasteiger partial charge in [0.2, 0.25) is 0 Å². The molecular formula is C15H28N2. The molecule has 2 rings (SSSR count). The zero-order valence-electron chi connectivity index (χ0n) is 12.3. The highest BCUT2D eigenvalue weighted by molar-refractivity contribution is 5.29. The monoisotopic (exact) mass is 236 g/mol. The largest absolute Gasteiger partial charge is 0.312 e. The Balaban J connectivity index is 0.000000581. The van der Waals surface area contributed by atoms with Gasteiger partial charge < -0.3 is 5.32 Å². The molecule has 2 heteroatoms. The SMILES string of the molecule is CC.CC.CC(C)c1cc2c(cn1)CCNC2. The van der Waals surface area contributed by atoms with Gasteiger partial charge in [-0.3, -0.25) is 4.98 Å². The summed E-state index contributed by atoms with van der Waals surface area (Å²) in [7, 11) is 0. The Morgan fingerprint density at radius 1 is 1.12 bits per heavy atom. The van der Waals surface area contributed by atoms with Crippen molar-refractivity contribution in [2.24, 2.45) is 0 Å². The third kappa shape index (κ3) is 4.86. The van der Waals surface area contributed by atoms with Crippen LogP contribution in [0.25, 0.3) is 0 Å². The second-order valence-corrected chi connectivity index (χ2v) is 3.96. The molecule has 0 atom stereocenters. The number of pyridine rings is 1. The normalized spacial score (nSPS) is 12.9. The third-order valence-electron chi connectivity index (χ3n) is 2.58. The van der Waals surface area contributed by atoms with Crippen LogP contribution in [0.2, 0.25) is 0 Å². The first kappa shape index (κ1) is 16.1. The van der Waals surface area contributed by atoms with E-state index in [-0.39, 0.29) is 0 Å². The summed E-state index contributed by atoms with van der Waals surface area (Å²) < 4.78 is 0. The van der Waals surface area contributed by atoms with E-state index in [9.17, 15) is 0 Å². The summed E-state index contributed by atoms with van der Waals surface area (Å²) in [5.74, 6) is 0.534. The van der Waals surface area contributed by atoms with Crippen molar-refractivity contribution in [3.05, 3.63) is 29.1 Å². The van der Waals surface area contributed by atoms with Gasteiger partial charge >= 0.3 is 0 Å². The lowest BCUT2D eigenvalue weighted by Gasteiger charge is -2.17. The van der Waals surface area contributed by atoms with Gasteiger partial charge in [0.15, 0.2) is 0 Å². The van der Waals surface area contributed by atoms with Crippen LogP contribution in [0.4, 0.5) is 0 Å². The van der Waals surface area contributed by atoms with Gasteiger partial charge in [-0.2, -0.15) is 0 Å². The van der Waals surface area contributed by atoms with E-state index in [1.54, 1.807) is 0 Å². The Bertz CT molecular complexity index is 306. The summed E-state index contributed by atoms with van der Waals surface area (Å²) in [6.07, 6.45) is 3.17. The molecule has 0 bridgehead atoms. The predicted molar refractivity (Wildman–Crippen MR) is 76.4 cm³/mol. The lowest BCUT2D eigenvalue weighted by molar-refractivity contribution is 0.636. The zero-order chi connectivity index (χ0) is 13.3. The van der Waals surface area contributed by atoms with Crippen LogP contribution in [0, 0.1) is 0 Å². The number of rotatable bonds is 1. The van der Waals surface area contributed by atoms with E-state index in [1.807, 2.05) is 33.9 Å². The van der Waals surface area contributed by atoms with Crippen LogP contribution in [-0.4, -0.2) is 11.5 Å². The van der Waals surface area contributed by atoms with Crippen LogP contribution < -0.4 is 5.32 Å². The van der Waals surface area contributed by atoms with Gasteiger partial charge in [0.1, 0.15) is 0 Å². The van der Waals surface area contributed by atoms with Crippen molar-refractivity contribution in [2.75, 3.05) is 6.54 Å². The lowest BCUT2D eigenvalue weighted by atomic mass is 10.00. The first-order chi connectivity index (χ1) is 8.27. The predicted octanol–water partition coefficient (Wildman–Crippen LogP) is 3.90. The Morgan fingerprint density at radius 3 is 2.35 bits per heavy atom. The average molecular weight is 236 g/mol. The van der Waals surface area contributed by atoms with Crippen molar-refractivity contribution in [3.63, 3.8) is 0 Å². The standard InChI is InChI=1S/C11H16N2.2C2H6/c1-8(2)11-5-10-6-12-4-3-9(10)7-13-11;2*1-2/h5,7-8,12H,3-4,6H2,1-2H3;2*1-2H3. The van der Waals surface area contributed by atoms with Crippen molar-refractivity contribution in [1.29, 1.82) is 0 Å². The number of aromatic nitrogens is 1. The molecule has 0 unspecified atom stereocenters. The smallest absolute Gasteiger partial charge is 0.0432 e. The Labute approximate surface area is 107 Å². The summed E-state index contributed by atoms with van der Waals surface area (Å²) in [6.45, 7) is 14.5. The molecule has 0 radical (unpaired) electrons. The van der Waals surface area contributed by atoms with Crippen molar-refractivity contribution in [2.45, 2.75) is 60.4 Å². The van der Waals surface area contributed by atoms with Crippen molar-refractivity contribution >= 4 is 0 Å². The van der Waals surface area contributed by atoms with E-state index in [0.717, 1.165) is 19.5 Å². The second kappa shape index (κ2) is 9.17. The van der Waals surface area contributed by atoms with E-state index >= 15 is 0 Å². The molecule has 2 nitrogen and oxygen atoms in total.